The standard InChI is InChI=1S/C15H12F3NOS/c16-15(17,18)12-7-10(9-20)1-2-13(12)19-5-3-14-11(8-19)4-6-21-14/h1-2,4,6-7,9H,3,5,8H2. The average molecular weight is 311 g/mol. The summed E-state index contributed by atoms with van der Waals surface area (Å²) < 4.78 is 39.6. The Bertz CT molecular complexity index is 678. The number of rotatable bonds is 2. The van der Waals surface area contributed by atoms with Crippen molar-refractivity contribution in [3.05, 3.63) is 51.2 Å². The van der Waals surface area contributed by atoms with Crippen LogP contribution in [-0.4, -0.2) is 12.8 Å². The van der Waals surface area contributed by atoms with E-state index in [2.05, 4.69) is 0 Å². The lowest BCUT2D eigenvalue weighted by atomic mass is 10.0. The van der Waals surface area contributed by atoms with Gasteiger partial charge < -0.3 is 4.90 Å². The molecule has 2 heterocycles. The summed E-state index contributed by atoms with van der Waals surface area (Å²) in [5.41, 5.74) is 0.522. The third-order valence-corrected chi connectivity index (χ3v) is 4.63. The van der Waals surface area contributed by atoms with E-state index in [0.29, 0.717) is 19.4 Å². The van der Waals surface area contributed by atoms with Crippen molar-refractivity contribution < 1.29 is 18.0 Å². The highest BCUT2D eigenvalue weighted by atomic mass is 32.1. The number of carbonyl (C=O) groups excluding carboxylic acids is 1. The summed E-state index contributed by atoms with van der Waals surface area (Å²) in [4.78, 5) is 13.7. The smallest absolute Gasteiger partial charge is 0.366 e. The largest absolute Gasteiger partial charge is 0.418 e. The number of thiophene rings is 1. The minimum atomic E-state index is -4.47. The molecule has 0 atom stereocenters. The first-order valence-corrected chi connectivity index (χ1v) is 7.33. The molecule has 1 aliphatic rings. The normalized spacial score (nSPS) is 14.9. The summed E-state index contributed by atoms with van der Waals surface area (Å²) in [6.07, 6.45) is -3.28. The fraction of sp³-hybridized carbons (Fsp3) is 0.267. The number of hydrogen-bond donors (Lipinski definition) is 0. The zero-order valence-electron chi connectivity index (χ0n) is 11.0. The third-order valence-electron chi connectivity index (χ3n) is 3.61. The van der Waals surface area contributed by atoms with E-state index in [-0.39, 0.29) is 11.3 Å². The van der Waals surface area contributed by atoms with Crippen LogP contribution in [0.2, 0.25) is 0 Å². The molecule has 1 aliphatic heterocycles. The highest BCUT2D eigenvalue weighted by Gasteiger charge is 2.35. The second-order valence-corrected chi connectivity index (χ2v) is 5.93. The Labute approximate surface area is 123 Å². The molecule has 0 spiro atoms. The van der Waals surface area contributed by atoms with Crippen molar-refractivity contribution in [2.45, 2.75) is 19.1 Å². The van der Waals surface area contributed by atoms with Crippen LogP contribution < -0.4 is 4.90 Å². The Morgan fingerprint density at radius 3 is 2.76 bits per heavy atom. The molecular formula is C15H12F3NOS. The van der Waals surface area contributed by atoms with Gasteiger partial charge in [0.05, 0.1) is 5.56 Å². The van der Waals surface area contributed by atoms with Crippen molar-refractivity contribution in [3.63, 3.8) is 0 Å². The topological polar surface area (TPSA) is 20.3 Å². The van der Waals surface area contributed by atoms with Crippen molar-refractivity contribution in [3.8, 4) is 0 Å². The minimum absolute atomic E-state index is 0.0410. The van der Waals surface area contributed by atoms with Gasteiger partial charge in [0.1, 0.15) is 6.29 Å². The fourth-order valence-corrected chi connectivity index (χ4v) is 3.47. The van der Waals surface area contributed by atoms with Gasteiger partial charge in [0.15, 0.2) is 0 Å². The van der Waals surface area contributed by atoms with Crippen molar-refractivity contribution >= 4 is 23.3 Å². The molecule has 6 heteroatoms. The first kappa shape index (κ1) is 14.1. The predicted molar refractivity (Wildman–Crippen MR) is 75.9 cm³/mol. The second kappa shape index (κ2) is 5.18. The van der Waals surface area contributed by atoms with Gasteiger partial charge in [0, 0.05) is 29.2 Å². The van der Waals surface area contributed by atoms with Gasteiger partial charge >= 0.3 is 6.18 Å². The van der Waals surface area contributed by atoms with Gasteiger partial charge in [-0.05, 0) is 41.6 Å². The van der Waals surface area contributed by atoms with Crippen molar-refractivity contribution in [2.24, 2.45) is 0 Å². The van der Waals surface area contributed by atoms with Gasteiger partial charge in [-0.15, -0.1) is 11.3 Å². The molecule has 0 fully saturated rings. The minimum Gasteiger partial charge on any atom is -0.366 e. The fourth-order valence-electron chi connectivity index (χ4n) is 2.58. The van der Waals surface area contributed by atoms with E-state index in [1.807, 2.05) is 11.4 Å². The van der Waals surface area contributed by atoms with Crippen LogP contribution in [0.4, 0.5) is 18.9 Å². The van der Waals surface area contributed by atoms with Gasteiger partial charge in [-0.2, -0.15) is 13.2 Å². The molecule has 0 bridgehead atoms. The molecular weight excluding hydrogens is 299 g/mol. The van der Waals surface area contributed by atoms with E-state index in [9.17, 15) is 18.0 Å². The first-order chi connectivity index (χ1) is 9.99. The molecule has 0 saturated heterocycles. The van der Waals surface area contributed by atoms with E-state index in [1.165, 1.54) is 17.0 Å². The molecule has 0 unspecified atom stereocenters. The van der Waals surface area contributed by atoms with Gasteiger partial charge in [-0.3, -0.25) is 4.79 Å². The Kier molecular flexibility index (Phi) is 3.49. The summed E-state index contributed by atoms with van der Waals surface area (Å²) in [6, 6.07) is 5.70. The van der Waals surface area contributed by atoms with Crippen LogP contribution in [-0.2, 0) is 19.1 Å². The zero-order chi connectivity index (χ0) is 15.0. The summed E-state index contributed by atoms with van der Waals surface area (Å²) in [6.45, 7) is 1.03. The van der Waals surface area contributed by atoms with Gasteiger partial charge in [0.2, 0.25) is 0 Å². The van der Waals surface area contributed by atoms with E-state index in [0.717, 1.165) is 18.1 Å². The van der Waals surface area contributed by atoms with Crippen LogP contribution >= 0.6 is 11.3 Å². The molecule has 2 aromatic rings. The van der Waals surface area contributed by atoms with Crippen LogP contribution in [0.25, 0.3) is 0 Å². The maximum absolute atomic E-state index is 13.2. The molecule has 0 aliphatic carbocycles. The van der Waals surface area contributed by atoms with E-state index in [4.69, 9.17) is 0 Å². The van der Waals surface area contributed by atoms with Gasteiger partial charge in [-0.25, -0.2) is 0 Å². The van der Waals surface area contributed by atoms with Crippen molar-refractivity contribution in [1.82, 2.24) is 0 Å². The third kappa shape index (κ3) is 2.68. The number of aldehydes is 1. The van der Waals surface area contributed by atoms with E-state index in [1.54, 1.807) is 16.2 Å². The van der Waals surface area contributed by atoms with Crippen LogP contribution in [0.1, 0.15) is 26.4 Å². The lowest BCUT2D eigenvalue weighted by molar-refractivity contribution is -0.137. The number of alkyl halides is 3. The van der Waals surface area contributed by atoms with Gasteiger partial charge in [0.25, 0.3) is 0 Å². The summed E-state index contributed by atoms with van der Waals surface area (Å²) in [5.74, 6) is 0. The number of carbonyl (C=O) groups is 1. The molecule has 1 aromatic heterocycles. The number of nitrogens with zero attached hydrogens (tertiary/aromatic N) is 1. The molecule has 21 heavy (non-hydrogen) atoms. The maximum atomic E-state index is 13.2. The maximum Gasteiger partial charge on any atom is 0.418 e. The lowest BCUT2D eigenvalue weighted by Crippen LogP contribution is -2.31. The number of benzene rings is 1. The van der Waals surface area contributed by atoms with Crippen LogP contribution in [0.15, 0.2) is 29.6 Å². The Hall–Kier alpha value is -1.82. The molecule has 2 nitrogen and oxygen atoms in total. The number of hydrogen-bond acceptors (Lipinski definition) is 3. The second-order valence-electron chi connectivity index (χ2n) is 4.93. The highest BCUT2D eigenvalue weighted by Crippen LogP contribution is 2.39. The predicted octanol–water partition coefficient (Wildman–Crippen LogP) is 4.14. The number of anilines is 1. The van der Waals surface area contributed by atoms with E-state index >= 15 is 0 Å². The van der Waals surface area contributed by atoms with Gasteiger partial charge in [-0.1, -0.05) is 0 Å². The highest BCUT2D eigenvalue weighted by molar-refractivity contribution is 7.10. The molecule has 0 N–H and O–H groups in total. The molecule has 0 amide bonds. The SMILES string of the molecule is O=Cc1ccc(N2CCc3sccc3C2)c(C(F)(F)F)c1. The molecule has 3 rings (SSSR count). The Morgan fingerprint density at radius 2 is 2.05 bits per heavy atom. The summed E-state index contributed by atoms with van der Waals surface area (Å²) >= 11 is 1.64. The molecule has 1 aromatic carbocycles. The Morgan fingerprint density at radius 1 is 1.24 bits per heavy atom. The average Bonchev–Trinajstić information content (AvgIpc) is 2.93. The van der Waals surface area contributed by atoms with Crippen molar-refractivity contribution in [2.75, 3.05) is 11.4 Å². The number of halogens is 3. The monoisotopic (exact) mass is 311 g/mol. The zero-order valence-corrected chi connectivity index (χ0v) is 11.8. The number of fused-ring (bicyclic) bond motifs is 1. The lowest BCUT2D eigenvalue weighted by Gasteiger charge is -2.31. The summed E-state index contributed by atoms with van der Waals surface area (Å²) in [5, 5.41) is 1.97. The molecule has 110 valence electrons. The first-order valence-electron chi connectivity index (χ1n) is 6.45. The van der Waals surface area contributed by atoms with E-state index < -0.39 is 11.7 Å². The van der Waals surface area contributed by atoms with Crippen LogP contribution in [0.3, 0.4) is 0 Å². The van der Waals surface area contributed by atoms with Crippen molar-refractivity contribution in [1.29, 1.82) is 0 Å². The van der Waals surface area contributed by atoms with Crippen LogP contribution in [0, 0.1) is 0 Å². The Balaban J connectivity index is 2.01. The molecule has 0 saturated carbocycles. The summed E-state index contributed by atoms with van der Waals surface area (Å²) in [7, 11) is 0. The molecule has 0 radical (unpaired) electrons. The van der Waals surface area contributed by atoms with Crippen LogP contribution in [0.5, 0.6) is 0 Å². The quantitative estimate of drug-likeness (QED) is 0.777.